The highest BCUT2D eigenvalue weighted by molar-refractivity contribution is 7.89. The number of sulfonamides is 1. The van der Waals surface area contributed by atoms with Gasteiger partial charge in [0.1, 0.15) is 0 Å². The van der Waals surface area contributed by atoms with Gasteiger partial charge in [0.25, 0.3) is 0 Å². The highest BCUT2D eigenvalue weighted by Gasteiger charge is 2.36. The molecule has 6 nitrogen and oxygen atoms in total. The molecule has 0 aromatic heterocycles. The quantitative estimate of drug-likeness (QED) is 0.529. The van der Waals surface area contributed by atoms with Gasteiger partial charge in [-0.15, -0.1) is 0 Å². The molecule has 0 aliphatic rings. The lowest BCUT2D eigenvalue weighted by atomic mass is 10.1. The van der Waals surface area contributed by atoms with Crippen molar-refractivity contribution in [2.75, 3.05) is 13.2 Å². The molecule has 2 rings (SSSR count). The van der Waals surface area contributed by atoms with Crippen molar-refractivity contribution < 1.29 is 35.9 Å². The standard InChI is InChI=1S/C18H16F3NO5S/c19-18(20,21)14-8-4-5-9-16(14)28(25,26)22-11-10-17(24)27-12-15(23)13-6-2-1-3-7-13/h1-9,22H,10-12H2. The molecule has 0 unspecified atom stereocenters. The van der Waals surface area contributed by atoms with Crippen LogP contribution in [0.4, 0.5) is 13.2 Å². The van der Waals surface area contributed by atoms with Crippen molar-refractivity contribution in [3.05, 3.63) is 65.7 Å². The molecule has 0 amide bonds. The molecule has 1 N–H and O–H groups in total. The van der Waals surface area contributed by atoms with E-state index >= 15 is 0 Å². The molecule has 0 saturated heterocycles. The van der Waals surface area contributed by atoms with Crippen molar-refractivity contribution in [2.45, 2.75) is 17.5 Å². The molecule has 0 bridgehead atoms. The van der Waals surface area contributed by atoms with E-state index in [0.29, 0.717) is 11.6 Å². The number of rotatable bonds is 8. The van der Waals surface area contributed by atoms with E-state index in [2.05, 4.69) is 0 Å². The topological polar surface area (TPSA) is 89.5 Å². The van der Waals surface area contributed by atoms with Crippen molar-refractivity contribution in [3.8, 4) is 0 Å². The normalized spacial score (nSPS) is 11.8. The molecule has 0 fully saturated rings. The van der Waals surface area contributed by atoms with Crippen LogP contribution in [0.3, 0.4) is 0 Å². The first-order chi connectivity index (χ1) is 13.1. The second-order valence-electron chi connectivity index (χ2n) is 5.59. The van der Waals surface area contributed by atoms with E-state index in [1.54, 1.807) is 30.3 Å². The number of carbonyl (C=O) groups excluding carboxylic acids is 2. The van der Waals surface area contributed by atoms with E-state index in [1.807, 2.05) is 4.72 Å². The molecule has 0 heterocycles. The predicted molar refractivity (Wildman–Crippen MR) is 93.0 cm³/mol. The van der Waals surface area contributed by atoms with E-state index in [0.717, 1.165) is 18.2 Å². The first-order valence-corrected chi connectivity index (χ1v) is 9.49. The maximum absolute atomic E-state index is 12.9. The third kappa shape index (κ3) is 5.89. The Hall–Kier alpha value is -2.72. The van der Waals surface area contributed by atoms with E-state index in [1.165, 1.54) is 0 Å². The van der Waals surface area contributed by atoms with Crippen molar-refractivity contribution in [1.29, 1.82) is 0 Å². The largest absolute Gasteiger partial charge is 0.457 e. The second-order valence-corrected chi connectivity index (χ2v) is 7.33. The van der Waals surface area contributed by atoms with Crippen molar-refractivity contribution in [2.24, 2.45) is 0 Å². The predicted octanol–water partition coefficient (Wildman–Crippen LogP) is 2.80. The van der Waals surface area contributed by atoms with Gasteiger partial charge in [-0.3, -0.25) is 9.59 Å². The van der Waals surface area contributed by atoms with Crippen LogP contribution >= 0.6 is 0 Å². The average Bonchev–Trinajstić information content (AvgIpc) is 2.66. The second kappa shape index (κ2) is 8.98. The number of alkyl halides is 3. The molecule has 0 atom stereocenters. The maximum Gasteiger partial charge on any atom is 0.417 e. The van der Waals surface area contributed by atoms with Crippen LogP contribution in [0.25, 0.3) is 0 Å². The summed E-state index contributed by atoms with van der Waals surface area (Å²) in [5, 5.41) is 0. The summed E-state index contributed by atoms with van der Waals surface area (Å²) >= 11 is 0. The highest BCUT2D eigenvalue weighted by Crippen LogP contribution is 2.33. The number of ketones is 1. The summed E-state index contributed by atoms with van der Waals surface area (Å²) in [6.45, 7) is -1.00. The van der Waals surface area contributed by atoms with E-state index in [4.69, 9.17) is 4.74 Å². The van der Waals surface area contributed by atoms with Crippen molar-refractivity contribution >= 4 is 21.8 Å². The Balaban J connectivity index is 1.89. The number of ether oxygens (including phenoxy) is 1. The molecule has 150 valence electrons. The SMILES string of the molecule is O=C(CCNS(=O)(=O)c1ccccc1C(F)(F)F)OCC(=O)c1ccccc1. The number of benzene rings is 2. The number of carbonyl (C=O) groups is 2. The van der Waals surface area contributed by atoms with Crippen molar-refractivity contribution in [3.63, 3.8) is 0 Å². The Labute approximate surface area is 159 Å². The van der Waals surface area contributed by atoms with Crippen LogP contribution < -0.4 is 4.72 Å². The highest BCUT2D eigenvalue weighted by atomic mass is 32.2. The zero-order chi connectivity index (χ0) is 20.8. The molecular formula is C18H16F3NO5S. The number of nitrogens with one attached hydrogen (secondary N) is 1. The van der Waals surface area contributed by atoms with Gasteiger partial charge in [0, 0.05) is 12.1 Å². The molecule has 0 aliphatic carbocycles. The third-order valence-electron chi connectivity index (χ3n) is 3.56. The van der Waals surface area contributed by atoms with Gasteiger partial charge in [-0.2, -0.15) is 13.2 Å². The fourth-order valence-corrected chi connectivity index (χ4v) is 3.48. The summed E-state index contributed by atoms with van der Waals surface area (Å²) in [7, 11) is -4.49. The number of hydrogen-bond acceptors (Lipinski definition) is 5. The monoisotopic (exact) mass is 415 g/mol. The van der Waals surface area contributed by atoms with Gasteiger partial charge >= 0.3 is 12.1 Å². The van der Waals surface area contributed by atoms with Crippen LogP contribution in [0.2, 0.25) is 0 Å². The molecule has 10 heteroatoms. The molecule has 28 heavy (non-hydrogen) atoms. The van der Waals surface area contributed by atoms with Crippen LogP contribution in [0.1, 0.15) is 22.3 Å². The number of hydrogen-bond donors (Lipinski definition) is 1. The summed E-state index contributed by atoms with van der Waals surface area (Å²) in [5.41, 5.74) is -0.960. The number of esters is 1. The summed E-state index contributed by atoms with van der Waals surface area (Å²) in [6, 6.07) is 11.8. The Morgan fingerprint density at radius 2 is 1.57 bits per heavy atom. The Morgan fingerprint density at radius 3 is 2.21 bits per heavy atom. The first kappa shape index (κ1) is 21.6. The minimum atomic E-state index is -4.85. The molecule has 2 aromatic rings. The first-order valence-electron chi connectivity index (χ1n) is 8.01. The van der Waals surface area contributed by atoms with Gasteiger partial charge in [0.15, 0.2) is 12.4 Å². The van der Waals surface area contributed by atoms with Crippen LogP contribution in [0.15, 0.2) is 59.5 Å². The van der Waals surface area contributed by atoms with Gasteiger partial charge in [0.2, 0.25) is 10.0 Å². The van der Waals surface area contributed by atoms with Crippen LogP contribution in [0, 0.1) is 0 Å². The van der Waals surface area contributed by atoms with Crippen LogP contribution in [-0.4, -0.2) is 33.3 Å². The lowest BCUT2D eigenvalue weighted by Gasteiger charge is -2.13. The summed E-state index contributed by atoms with van der Waals surface area (Å²) < 4.78 is 69.7. The summed E-state index contributed by atoms with van der Waals surface area (Å²) in [6.07, 6.45) is -5.29. The summed E-state index contributed by atoms with van der Waals surface area (Å²) in [4.78, 5) is 22.5. The van der Waals surface area contributed by atoms with E-state index < -0.39 is 58.0 Å². The fraction of sp³-hybridized carbons (Fsp3) is 0.222. The number of Topliss-reactive ketones (excluding diaryl/α,β-unsaturated/α-hetero) is 1. The molecule has 0 radical (unpaired) electrons. The lowest BCUT2D eigenvalue weighted by molar-refractivity contribution is -0.142. The molecular weight excluding hydrogens is 399 g/mol. The molecule has 2 aromatic carbocycles. The Kier molecular flexibility index (Phi) is 6.92. The smallest absolute Gasteiger partial charge is 0.417 e. The van der Waals surface area contributed by atoms with Gasteiger partial charge in [-0.1, -0.05) is 42.5 Å². The molecule has 0 saturated carbocycles. The van der Waals surface area contributed by atoms with Gasteiger partial charge in [-0.25, -0.2) is 13.1 Å². The number of halogens is 3. The third-order valence-corrected chi connectivity index (χ3v) is 5.08. The Bertz CT molecular complexity index is 943. The minimum absolute atomic E-state index is 0.347. The lowest BCUT2D eigenvalue weighted by Crippen LogP contribution is -2.29. The van der Waals surface area contributed by atoms with Crippen molar-refractivity contribution in [1.82, 2.24) is 4.72 Å². The van der Waals surface area contributed by atoms with Gasteiger partial charge in [-0.05, 0) is 12.1 Å². The van der Waals surface area contributed by atoms with Crippen LogP contribution in [0.5, 0.6) is 0 Å². The zero-order valence-electron chi connectivity index (χ0n) is 14.4. The van der Waals surface area contributed by atoms with E-state index in [9.17, 15) is 31.2 Å². The van der Waals surface area contributed by atoms with Gasteiger partial charge in [0.05, 0.1) is 16.9 Å². The van der Waals surface area contributed by atoms with Gasteiger partial charge < -0.3 is 4.74 Å². The summed E-state index contributed by atoms with van der Waals surface area (Å²) in [5.74, 6) is -1.30. The minimum Gasteiger partial charge on any atom is -0.457 e. The molecule has 0 spiro atoms. The fourth-order valence-electron chi connectivity index (χ4n) is 2.23. The zero-order valence-corrected chi connectivity index (χ0v) is 15.2. The Morgan fingerprint density at radius 1 is 0.964 bits per heavy atom. The average molecular weight is 415 g/mol. The maximum atomic E-state index is 12.9. The van der Waals surface area contributed by atoms with Crippen LogP contribution in [-0.2, 0) is 25.7 Å². The molecule has 0 aliphatic heterocycles. The van der Waals surface area contributed by atoms with E-state index in [-0.39, 0.29) is 0 Å².